The molecule has 1 atom stereocenters. The molecule has 0 saturated carbocycles. The number of amides is 1. The fraction of sp³-hybridized carbons (Fsp3) is 0.409. The standard InChI is InChI=1S/C22H25N3O2S/c1-13-7-3-4-8-15(13)14(2)23-19(26)12-11-18-24-21(27)20-16-9-5-6-10-17(16)28-22(20)25-18/h3-4,7-8,14H,5-6,9-12H2,1-2H3,(H,23,26)(H,24,25,27). The summed E-state index contributed by atoms with van der Waals surface area (Å²) in [5.41, 5.74) is 3.41. The second-order valence-electron chi connectivity index (χ2n) is 7.55. The van der Waals surface area contributed by atoms with Crippen molar-refractivity contribution in [2.24, 2.45) is 0 Å². The predicted molar refractivity (Wildman–Crippen MR) is 113 cm³/mol. The van der Waals surface area contributed by atoms with E-state index in [1.807, 2.05) is 38.1 Å². The van der Waals surface area contributed by atoms with E-state index in [0.29, 0.717) is 18.7 Å². The molecule has 0 radical (unpaired) electrons. The number of benzene rings is 1. The average molecular weight is 396 g/mol. The third-order valence-electron chi connectivity index (χ3n) is 5.50. The molecule has 6 heteroatoms. The minimum Gasteiger partial charge on any atom is -0.350 e. The number of aryl methyl sites for hydroxylation is 4. The van der Waals surface area contributed by atoms with Gasteiger partial charge in [-0.1, -0.05) is 24.3 Å². The number of hydrogen-bond donors (Lipinski definition) is 2. The zero-order valence-electron chi connectivity index (χ0n) is 16.3. The van der Waals surface area contributed by atoms with Gasteiger partial charge in [-0.15, -0.1) is 11.3 Å². The molecule has 28 heavy (non-hydrogen) atoms. The number of thiophene rings is 1. The summed E-state index contributed by atoms with van der Waals surface area (Å²) in [6.45, 7) is 4.03. The number of nitrogens with one attached hydrogen (secondary N) is 2. The molecule has 2 N–H and O–H groups in total. The second kappa shape index (κ2) is 7.87. The quantitative estimate of drug-likeness (QED) is 0.686. The van der Waals surface area contributed by atoms with Crippen molar-refractivity contribution in [3.05, 3.63) is 62.0 Å². The minimum atomic E-state index is -0.0620. The molecule has 0 saturated heterocycles. The number of fused-ring (bicyclic) bond motifs is 3. The lowest BCUT2D eigenvalue weighted by Gasteiger charge is -2.16. The van der Waals surface area contributed by atoms with Crippen molar-refractivity contribution < 1.29 is 4.79 Å². The van der Waals surface area contributed by atoms with Gasteiger partial charge in [0.05, 0.1) is 11.4 Å². The van der Waals surface area contributed by atoms with Gasteiger partial charge in [0.1, 0.15) is 10.7 Å². The third kappa shape index (κ3) is 3.74. The van der Waals surface area contributed by atoms with Gasteiger partial charge >= 0.3 is 0 Å². The molecule has 1 aromatic carbocycles. The van der Waals surface area contributed by atoms with Gasteiger partial charge in [-0.25, -0.2) is 4.98 Å². The van der Waals surface area contributed by atoms with Gasteiger partial charge in [-0.05, 0) is 56.2 Å². The van der Waals surface area contributed by atoms with Crippen molar-refractivity contribution >= 4 is 27.5 Å². The second-order valence-corrected chi connectivity index (χ2v) is 8.63. The van der Waals surface area contributed by atoms with Crippen LogP contribution < -0.4 is 10.9 Å². The van der Waals surface area contributed by atoms with Crippen LogP contribution in [0.1, 0.15) is 59.6 Å². The molecule has 1 unspecified atom stereocenters. The van der Waals surface area contributed by atoms with Crippen molar-refractivity contribution in [3.63, 3.8) is 0 Å². The highest BCUT2D eigenvalue weighted by molar-refractivity contribution is 7.18. The van der Waals surface area contributed by atoms with Gasteiger partial charge in [-0.3, -0.25) is 9.59 Å². The van der Waals surface area contributed by atoms with Crippen molar-refractivity contribution in [3.8, 4) is 0 Å². The lowest BCUT2D eigenvalue weighted by molar-refractivity contribution is -0.121. The summed E-state index contributed by atoms with van der Waals surface area (Å²) in [6.07, 6.45) is 5.07. The number of nitrogens with zero attached hydrogens (tertiary/aromatic N) is 1. The van der Waals surface area contributed by atoms with Crippen LogP contribution in [0.25, 0.3) is 10.2 Å². The highest BCUT2D eigenvalue weighted by Gasteiger charge is 2.20. The van der Waals surface area contributed by atoms with Crippen LogP contribution in [0.5, 0.6) is 0 Å². The summed E-state index contributed by atoms with van der Waals surface area (Å²) in [7, 11) is 0. The molecular formula is C22H25N3O2S. The Kier molecular flexibility index (Phi) is 5.31. The first-order valence-electron chi connectivity index (χ1n) is 9.91. The lowest BCUT2D eigenvalue weighted by Crippen LogP contribution is -2.27. The van der Waals surface area contributed by atoms with E-state index in [2.05, 4.69) is 15.3 Å². The molecule has 0 bridgehead atoms. The van der Waals surface area contributed by atoms with Crippen LogP contribution in [-0.2, 0) is 24.1 Å². The maximum Gasteiger partial charge on any atom is 0.259 e. The molecule has 0 spiro atoms. The summed E-state index contributed by atoms with van der Waals surface area (Å²) in [4.78, 5) is 34.6. The molecule has 5 nitrogen and oxygen atoms in total. The van der Waals surface area contributed by atoms with E-state index in [9.17, 15) is 9.59 Å². The molecule has 2 aromatic heterocycles. The molecule has 4 rings (SSSR count). The van der Waals surface area contributed by atoms with Crippen LogP contribution in [0, 0.1) is 6.92 Å². The molecule has 1 amide bonds. The maximum absolute atomic E-state index is 12.6. The van der Waals surface area contributed by atoms with E-state index in [0.717, 1.165) is 40.6 Å². The van der Waals surface area contributed by atoms with Crippen LogP contribution in [0.4, 0.5) is 0 Å². The SMILES string of the molecule is Cc1ccccc1C(C)NC(=O)CCc1nc2sc3c(c2c(=O)[nH]1)CCCC3. The van der Waals surface area contributed by atoms with E-state index in [1.165, 1.54) is 16.9 Å². The largest absolute Gasteiger partial charge is 0.350 e. The first kappa shape index (κ1) is 18.9. The molecule has 2 heterocycles. The lowest BCUT2D eigenvalue weighted by atomic mass is 9.97. The number of aromatic nitrogens is 2. The Morgan fingerprint density at radius 1 is 1.29 bits per heavy atom. The highest BCUT2D eigenvalue weighted by atomic mass is 32.1. The van der Waals surface area contributed by atoms with Crippen LogP contribution in [-0.4, -0.2) is 15.9 Å². The third-order valence-corrected chi connectivity index (χ3v) is 6.68. The topological polar surface area (TPSA) is 74.8 Å². The molecular weight excluding hydrogens is 370 g/mol. The van der Waals surface area contributed by atoms with Gasteiger partial charge in [0.15, 0.2) is 0 Å². The molecule has 0 aliphatic heterocycles. The number of H-pyrrole nitrogens is 1. The number of hydrogen-bond acceptors (Lipinski definition) is 4. The summed E-state index contributed by atoms with van der Waals surface area (Å²) in [6, 6.07) is 8.00. The molecule has 1 aliphatic carbocycles. The molecule has 146 valence electrons. The van der Waals surface area contributed by atoms with E-state index in [1.54, 1.807) is 11.3 Å². The van der Waals surface area contributed by atoms with E-state index in [4.69, 9.17) is 0 Å². The smallest absolute Gasteiger partial charge is 0.259 e. The van der Waals surface area contributed by atoms with Crippen LogP contribution in [0.3, 0.4) is 0 Å². The first-order valence-corrected chi connectivity index (χ1v) is 10.7. The summed E-state index contributed by atoms with van der Waals surface area (Å²) >= 11 is 1.64. The molecule has 1 aliphatic rings. The molecule has 3 aromatic rings. The summed E-state index contributed by atoms with van der Waals surface area (Å²) in [5.74, 6) is 0.554. The zero-order chi connectivity index (χ0) is 19.7. The normalized spacial score (nSPS) is 14.6. The minimum absolute atomic E-state index is 0.0380. The number of carbonyl (C=O) groups is 1. The fourth-order valence-electron chi connectivity index (χ4n) is 4.02. The maximum atomic E-state index is 12.6. The summed E-state index contributed by atoms with van der Waals surface area (Å²) in [5, 5.41) is 3.81. The van der Waals surface area contributed by atoms with E-state index >= 15 is 0 Å². The Morgan fingerprint density at radius 2 is 2.07 bits per heavy atom. The average Bonchev–Trinajstić information content (AvgIpc) is 3.05. The Labute approximate surface area is 168 Å². The van der Waals surface area contributed by atoms with Crippen LogP contribution >= 0.6 is 11.3 Å². The highest BCUT2D eigenvalue weighted by Crippen LogP contribution is 2.33. The Hall–Kier alpha value is -2.47. The molecule has 0 fully saturated rings. The van der Waals surface area contributed by atoms with Gasteiger partial charge in [0.2, 0.25) is 5.91 Å². The monoisotopic (exact) mass is 395 g/mol. The van der Waals surface area contributed by atoms with E-state index < -0.39 is 0 Å². The van der Waals surface area contributed by atoms with Crippen molar-refractivity contribution in [1.82, 2.24) is 15.3 Å². The Morgan fingerprint density at radius 3 is 2.89 bits per heavy atom. The Bertz CT molecular complexity index is 1080. The zero-order valence-corrected chi connectivity index (χ0v) is 17.1. The van der Waals surface area contributed by atoms with Crippen molar-refractivity contribution in [2.45, 2.75) is 58.4 Å². The first-order chi connectivity index (χ1) is 13.5. The van der Waals surface area contributed by atoms with Gasteiger partial charge in [-0.2, -0.15) is 0 Å². The van der Waals surface area contributed by atoms with Crippen molar-refractivity contribution in [2.75, 3.05) is 0 Å². The van der Waals surface area contributed by atoms with Crippen molar-refractivity contribution in [1.29, 1.82) is 0 Å². The van der Waals surface area contributed by atoms with Gasteiger partial charge in [0.25, 0.3) is 5.56 Å². The van der Waals surface area contributed by atoms with Crippen LogP contribution in [0.2, 0.25) is 0 Å². The van der Waals surface area contributed by atoms with E-state index in [-0.39, 0.29) is 17.5 Å². The Balaban J connectivity index is 1.44. The van der Waals surface area contributed by atoms with Gasteiger partial charge < -0.3 is 10.3 Å². The number of aromatic amines is 1. The van der Waals surface area contributed by atoms with Crippen LogP contribution in [0.15, 0.2) is 29.1 Å². The number of carbonyl (C=O) groups excluding carboxylic acids is 1. The number of rotatable bonds is 5. The van der Waals surface area contributed by atoms with Gasteiger partial charge in [0, 0.05) is 17.7 Å². The fourth-order valence-corrected chi connectivity index (χ4v) is 5.30. The predicted octanol–water partition coefficient (Wildman–Crippen LogP) is 3.98. The summed E-state index contributed by atoms with van der Waals surface area (Å²) < 4.78 is 0.